The lowest BCUT2D eigenvalue weighted by Gasteiger charge is -2.13. The molecular weight excluding hydrogens is 246 g/mol. The van der Waals surface area contributed by atoms with Crippen molar-refractivity contribution in [1.82, 2.24) is 5.32 Å². The van der Waals surface area contributed by atoms with Crippen LogP contribution in [-0.2, 0) is 6.18 Å². The van der Waals surface area contributed by atoms with E-state index in [0.29, 0.717) is 6.07 Å². The van der Waals surface area contributed by atoms with E-state index in [9.17, 15) is 17.6 Å². The molecule has 0 heterocycles. The molecule has 0 bridgehead atoms. The molecule has 1 aromatic carbocycles. The van der Waals surface area contributed by atoms with Gasteiger partial charge in [0, 0.05) is 11.6 Å². The molecule has 0 fully saturated rings. The van der Waals surface area contributed by atoms with Crippen LogP contribution >= 0.6 is 12.4 Å². The first kappa shape index (κ1) is 15.2. The normalized spacial score (nSPS) is 13.1. The summed E-state index contributed by atoms with van der Waals surface area (Å²) in [7, 11) is 1.61. The Hall–Kier alpha value is -0.810. The summed E-state index contributed by atoms with van der Waals surface area (Å²) in [4.78, 5) is 0. The van der Waals surface area contributed by atoms with Crippen molar-refractivity contribution >= 4 is 12.4 Å². The van der Waals surface area contributed by atoms with Gasteiger partial charge in [0.15, 0.2) is 0 Å². The van der Waals surface area contributed by atoms with Crippen LogP contribution in [0.25, 0.3) is 0 Å². The van der Waals surface area contributed by atoms with Crippen molar-refractivity contribution in [3.8, 4) is 0 Å². The van der Waals surface area contributed by atoms with Crippen molar-refractivity contribution in [1.29, 1.82) is 0 Å². The third kappa shape index (κ3) is 3.35. The summed E-state index contributed by atoms with van der Waals surface area (Å²) in [5.74, 6) is -0.841. The van der Waals surface area contributed by atoms with Crippen LogP contribution in [0.1, 0.15) is 24.1 Å². The first-order valence-electron chi connectivity index (χ1n) is 4.40. The molecule has 0 aromatic heterocycles. The maximum Gasteiger partial charge on any atom is 0.416 e. The second-order valence-corrected chi connectivity index (χ2v) is 3.24. The summed E-state index contributed by atoms with van der Waals surface area (Å²) in [6.45, 7) is 1.67. The molecule has 0 amide bonds. The second-order valence-electron chi connectivity index (χ2n) is 3.24. The highest BCUT2D eigenvalue weighted by atomic mass is 35.5. The highest BCUT2D eigenvalue weighted by Crippen LogP contribution is 2.31. The first-order chi connectivity index (χ1) is 6.86. The summed E-state index contributed by atoms with van der Waals surface area (Å²) < 4.78 is 49.9. The van der Waals surface area contributed by atoms with Gasteiger partial charge < -0.3 is 5.32 Å². The van der Waals surface area contributed by atoms with Crippen molar-refractivity contribution in [2.45, 2.75) is 19.1 Å². The summed E-state index contributed by atoms with van der Waals surface area (Å²) in [5, 5.41) is 2.76. The highest BCUT2D eigenvalue weighted by molar-refractivity contribution is 5.85. The van der Waals surface area contributed by atoms with E-state index in [-0.39, 0.29) is 24.0 Å². The predicted molar refractivity (Wildman–Crippen MR) is 56.1 cm³/mol. The molecule has 0 aliphatic rings. The molecular formula is C10H12ClF4N. The zero-order valence-electron chi connectivity index (χ0n) is 8.73. The van der Waals surface area contributed by atoms with E-state index in [1.165, 1.54) is 0 Å². The molecule has 0 radical (unpaired) electrons. The minimum absolute atomic E-state index is 0. The number of hydrogen-bond donors (Lipinski definition) is 1. The maximum atomic E-state index is 13.3. The van der Waals surface area contributed by atoms with Crippen LogP contribution in [0.3, 0.4) is 0 Å². The van der Waals surface area contributed by atoms with Crippen LogP contribution in [0.2, 0.25) is 0 Å². The molecule has 1 rings (SSSR count). The molecule has 0 spiro atoms. The fourth-order valence-corrected chi connectivity index (χ4v) is 1.21. The van der Waals surface area contributed by atoms with Gasteiger partial charge >= 0.3 is 6.18 Å². The molecule has 0 saturated carbocycles. The van der Waals surface area contributed by atoms with E-state index < -0.39 is 17.6 Å². The van der Waals surface area contributed by atoms with Gasteiger partial charge in [0.25, 0.3) is 0 Å². The summed E-state index contributed by atoms with van der Waals surface area (Å²) in [6.07, 6.45) is -4.50. The largest absolute Gasteiger partial charge is 0.416 e. The van der Waals surface area contributed by atoms with Gasteiger partial charge in [-0.05, 0) is 26.1 Å². The van der Waals surface area contributed by atoms with Crippen LogP contribution in [0.15, 0.2) is 18.2 Å². The lowest BCUT2D eigenvalue weighted by atomic mass is 10.1. The highest BCUT2D eigenvalue weighted by Gasteiger charge is 2.31. The topological polar surface area (TPSA) is 12.0 Å². The Morgan fingerprint density at radius 3 is 2.19 bits per heavy atom. The number of benzene rings is 1. The first-order valence-corrected chi connectivity index (χ1v) is 4.40. The Morgan fingerprint density at radius 1 is 1.25 bits per heavy atom. The number of rotatable bonds is 2. The Balaban J connectivity index is 0.00000225. The average molecular weight is 258 g/mol. The number of alkyl halides is 3. The lowest BCUT2D eigenvalue weighted by molar-refractivity contribution is -0.137. The van der Waals surface area contributed by atoms with Gasteiger partial charge in [-0.2, -0.15) is 13.2 Å². The van der Waals surface area contributed by atoms with E-state index in [1.807, 2.05) is 0 Å². The van der Waals surface area contributed by atoms with Crippen molar-refractivity contribution in [3.63, 3.8) is 0 Å². The summed E-state index contributed by atoms with van der Waals surface area (Å²) in [5.41, 5.74) is -0.738. The average Bonchev–Trinajstić information content (AvgIpc) is 2.15. The van der Waals surface area contributed by atoms with Gasteiger partial charge in [-0.3, -0.25) is 0 Å². The predicted octanol–water partition coefficient (Wildman–Crippen LogP) is 3.55. The van der Waals surface area contributed by atoms with Crippen LogP contribution in [-0.4, -0.2) is 7.05 Å². The summed E-state index contributed by atoms with van der Waals surface area (Å²) in [6, 6.07) is 2.24. The minimum atomic E-state index is -4.50. The third-order valence-electron chi connectivity index (χ3n) is 2.23. The van der Waals surface area contributed by atoms with Crippen molar-refractivity contribution < 1.29 is 17.6 Å². The van der Waals surface area contributed by atoms with Crippen LogP contribution in [0.4, 0.5) is 17.6 Å². The molecule has 1 aromatic rings. The molecule has 16 heavy (non-hydrogen) atoms. The smallest absolute Gasteiger partial charge is 0.313 e. The molecule has 1 atom stereocenters. The molecule has 0 aliphatic heterocycles. The Morgan fingerprint density at radius 2 is 1.81 bits per heavy atom. The van der Waals surface area contributed by atoms with Crippen molar-refractivity contribution in [3.05, 3.63) is 35.1 Å². The van der Waals surface area contributed by atoms with Gasteiger partial charge in [0.1, 0.15) is 5.82 Å². The molecule has 0 aliphatic carbocycles. The van der Waals surface area contributed by atoms with Crippen LogP contribution < -0.4 is 5.32 Å². The Kier molecular flexibility index (Phi) is 5.22. The second kappa shape index (κ2) is 5.50. The molecule has 92 valence electrons. The minimum Gasteiger partial charge on any atom is -0.313 e. The maximum absolute atomic E-state index is 13.3. The van der Waals surface area contributed by atoms with E-state index in [4.69, 9.17) is 0 Å². The van der Waals surface area contributed by atoms with Crippen LogP contribution in [0, 0.1) is 5.82 Å². The van der Waals surface area contributed by atoms with E-state index in [2.05, 4.69) is 5.32 Å². The van der Waals surface area contributed by atoms with Crippen molar-refractivity contribution in [2.75, 3.05) is 7.05 Å². The number of halogens is 5. The molecule has 0 unspecified atom stereocenters. The van der Waals surface area contributed by atoms with E-state index >= 15 is 0 Å². The summed E-state index contributed by atoms with van der Waals surface area (Å²) >= 11 is 0. The fraction of sp³-hybridized carbons (Fsp3) is 0.400. The van der Waals surface area contributed by atoms with Gasteiger partial charge in [0.2, 0.25) is 0 Å². The monoisotopic (exact) mass is 257 g/mol. The quantitative estimate of drug-likeness (QED) is 0.799. The Bertz CT molecular complexity index is 351. The van der Waals surface area contributed by atoms with E-state index in [1.54, 1.807) is 14.0 Å². The number of hydrogen-bond acceptors (Lipinski definition) is 1. The van der Waals surface area contributed by atoms with Gasteiger partial charge in [-0.1, -0.05) is 6.07 Å². The fourth-order valence-electron chi connectivity index (χ4n) is 1.21. The van der Waals surface area contributed by atoms with Gasteiger partial charge in [0.05, 0.1) is 5.56 Å². The standard InChI is InChI=1S/C10H11F4N.ClH/c1-6(15-2)8-4-3-7(5-9(8)11)10(12,13)14;/h3-6,15H,1-2H3;1H/t6-;/m1./s1. The van der Waals surface area contributed by atoms with Gasteiger partial charge in [-0.25, -0.2) is 4.39 Å². The zero-order chi connectivity index (χ0) is 11.6. The molecule has 1 N–H and O–H groups in total. The van der Waals surface area contributed by atoms with Gasteiger partial charge in [-0.15, -0.1) is 12.4 Å². The number of nitrogens with one attached hydrogen (secondary N) is 1. The molecule has 1 nitrogen and oxygen atoms in total. The molecule has 0 saturated heterocycles. The zero-order valence-corrected chi connectivity index (χ0v) is 9.55. The molecule has 6 heteroatoms. The Labute approximate surface area is 97.3 Å². The van der Waals surface area contributed by atoms with Crippen molar-refractivity contribution in [2.24, 2.45) is 0 Å². The van der Waals surface area contributed by atoms with E-state index in [0.717, 1.165) is 12.1 Å². The lowest BCUT2D eigenvalue weighted by Crippen LogP contribution is -2.15. The SMILES string of the molecule is CN[C@H](C)c1ccc(C(F)(F)F)cc1F.Cl. The van der Waals surface area contributed by atoms with Crippen LogP contribution in [0.5, 0.6) is 0 Å². The third-order valence-corrected chi connectivity index (χ3v) is 2.23.